The molecule has 0 spiro atoms. The van der Waals surface area contributed by atoms with E-state index in [4.69, 9.17) is 5.11 Å². The molecular weight excluding hydrogens is 226 g/mol. The fourth-order valence-electron chi connectivity index (χ4n) is 1.21. The molecule has 0 fully saturated rings. The van der Waals surface area contributed by atoms with Crippen molar-refractivity contribution in [1.82, 2.24) is 15.0 Å². The van der Waals surface area contributed by atoms with E-state index in [1.165, 1.54) is 0 Å². The van der Waals surface area contributed by atoms with Crippen LogP contribution in [0.3, 0.4) is 0 Å². The van der Waals surface area contributed by atoms with Crippen LogP contribution in [0.1, 0.15) is 21.1 Å². The Hall–Kier alpha value is -1.82. The highest BCUT2D eigenvalue weighted by Gasteiger charge is 2.15. The Morgan fingerprint density at radius 1 is 1.31 bits per heavy atom. The van der Waals surface area contributed by atoms with Crippen molar-refractivity contribution in [3.05, 3.63) is 28.7 Å². The van der Waals surface area contributed by atoms with Crippen molar-refractivity contribution in [2.75, 3.05) is 0 Å². The van der Waals surface area contributed by atoms with Gasteiger partial charge < -0.3 is 5.11 Å². The van der Waals surface area contributed by atoms with Gasteiger partial charge in [0.25, 0.3) is 0 Å². The van der Waals surface area contributed by atoms with Crippen LogP contribution in [0.25, 0.3) is 10.7 Å². The van der Waals surface area contributed by atoms with E-state index in [0.29, 0.717) is 16.4 Å². The van der Waals surface area contributed by atoms with Crippen molar-refractivity contribution >= 4 is 17.3 Å². The van der Waals surface area contributed by atoms with Crippen LogP contribution in [0.5, 0.6) is 0 Å². The molecule has 16 heavy (non-hydrogen) atoms. The van der Waals surface area contributed by atoms with Crippen molar-refractivity contribution < 1.29 is 9.90 Å². The van der Waals surface area contributed by atoms with Gasteiger partial charge in [0.1, 0.15) is 0 Å². The van der Waals surface area contributed by atoms with Crippen molar-refractivity contribution in [3.8, 4) is 10.7 Å². The van der Waals surface area contributed by atoms with E-state index in [1.54, 1.807) is 19.3 Å². The summed E-state index contributed by atoms with van der Waals surface area (Å²) in [5, 5.41) is 8.89. The molecule has 0 saturated carbocycles. The highest BCUT2D eigenvalue weighted by molar-refractivity contribution is 7.17. The molecule has 0 amide bonds. The molecule has 0 saturated heterocycles. The number of carboxylic acid groups (broad SMARTS) is 1. The number of aromatic carboxylic acids is 1. The SMILES string of the molecule is Cc1cnc(-c2sc(C(=O)O)nc2C)nc1. The van der Waals surface area contributed by atoms with E-state index < -0.39 is 5.97 Å². The van der Waals surface area contributed by atoms with E-state index in [-0.39, 0.29) is 5.01 Å². The van der Waals surface area contributed by atoms with Crippen molar-refractivity contribution in [2.24, 2.45) is 0 Å². The molecular formula is C10H9N3O2S. The smallest absolute Gasteiger partial charge is 0.365 e. The normalized spacial score (nSPS) is 10.4. The van der Waals surface area contributed by atoms with Crippen LogP contribution in [0, 0.1) is 13.8 Å². The Balaban J connectivity index is 2.47. The van der Waals surface area contributed by atoms with Gasteiger partial charge in [0.15, 0.2) is 5.82 Å². The summed E-state index contributed by atoms with van der Waals surface area (Å²) in [6.07, 6.45) is 3.39. The Kier molecular flexibility index (Phi) is 2.66. The average molecular weight is 235 g/mol. The van der Waals surface area contributed by atoms with Gasteiger partial charge in [-0.15, -0.1) is 11.3 Å². The second-order valence-electron chi connectivity index (χ2n) is 3.32. The molecule has 2 aromatic heterocycles. The Bertz CT molecular complexity index is 533. The summed E-state index contributed by atoms with van der Waals surface area (Å²) >= 11 is 1.09. The van der Waals surface area contributed by atoms with Gasteiger partial charge in [-0.25, -0.2) is 19.7 Å². The topological polar surface area (TPSA) is 76.0 Å². The van der Waals surface area contributed by atoms with Crippen LogP contribution in [-0.4, -0.2) is 26.0 Å². The summed E-state index contributed by atoms with van der Waals surface area (Å²) in [7, 11) is 0. The van der Waals surface area contributed by atoms with Crippen LogP contribution in [0.4, 0.5) is 0 Å². The first-order chi connectivity index (χ1) is 7.58. The standard InChI is InChI=1S/C10H9N3O2S/c1-5-3-11-8(12-4-5)7-6(2)13-9(16-7)10(14)15/h3-4H,1-2H3,(H,14,15). The van der Waals surface area contributed by atoms with Gasteiger partial charge in [-0.3, -0.25) is 0 Å². The summed E-state index contributed by atoms with van der Waals surface area (Å²) in [6.45, 7) is 3.65. The molecule has 2 aromatic rings. The van der Waals surface area contributed by atoms with E-state index in [0.717, 1.165) is 16.9 Å². The Labute approximate surface area is 95.8 Å². The Morgan fingerprint density at radius 2 is 1.94 bits per heavy atom. The van der Waals surface area contributed by atoms with Crippen LogP contribution in [0.15, 0.2) is 12.4 Å². The van der Waals surface area contributed by atoms with E-state index in [9.17, 15) is 4.79 Å². The minimum atomic E-state index is -1.02. The van der Waals surface area contributed by atoms with Crippen molar-refractivity contribution in [3.63, 3.8) is 0 Å². The first-order valence-electron chi connectivity index (χ1n) is 4.57. The van der Waals surface area contributed by atoms with Crippen molar-refractivity contribution in [1.29, 1.82) is 0 Å². The predicted molar refractivity (Wildman–Crippen MR) is 59.6 cm³/mol. The summed E-state index contributed by atoms with van der Waals surface area (Å²) in [5.41, 5.74) is 1.61. The van der Waals surface area contributed by atoms with E-state index >= 15 is 0 Å². The molecule has 1 N–H and O–H groups in total. The lowest BCUT2D eigenvalue weighted by Gasteiger charge is -1.96. The molecule has 0 aliphatic rings. The average Bonchev–Trinajstić information content (AvgIpc) is 2.62. The zero-order valence-corrected chi connectivity index (χ0v) is 9.58. The Morgan fingerprint density at radius 3 is 2.44 bits per heavy atom. The molecule has 0 aromatic carbocycles. The maximum Gasteiger partial charge on any atom is 0.365 e. The number of carboxylic acids is 1. The highest BCUT2D eigenvalue weighted by atomic mass is 32.1. The van der Waals surface area contributed by atoms with Gasteiger partial charge in [-0.2, -0.15) is 0 Å². The molecule has 0 unspecified atom stereocenters. The third kappa shape index (κ3) is 1.92. The van der Waals surface area contributed by atoms with E-state index in [2.05, 4.69) is 15.0 Å². The lowest BCUT2D eigenvalue weighted by Crippen LogP contribution is -1.93. The minimum Gasteiger partial charge on any atom is -0.476 e. The highest BCUT2D eigenvalue weighted by Crippen LogP contribution is 2.26. The molecule has 0 aliphatic heterocycles. The molecule has 0 bridgehead atoms. The number of aryl methyl sites for hydroxylation is 2. The molecule has 2 rings (SSSR count). The molecule has 6 heteroatoms. The lowest BCUT2D eigenvalue weighted by atomic mass is 10.3. The molecule has 0 aliphatic carbocycles. The lowest BCUT2D eigenvalue weighted by molar-refractivity contribution is 0.0696. The monoisotopic (exact) mass is 235 g/mol. The third-order valence-electron chi connectivity index (χ3n) is 1.96. The number of hydrogen-bond donors (Lipinski definition) is 1. The van der Waals surface area contributed by atoms with Gasteiger partial charge >= 0.3 is 5.97 Å². The van der Waals surface area contributed by atoms with Crippen LogP contribution in [0.2, 0.25) is 0 Å². The maximum atomic E-state index is 10.8. The summed E-state index contributed by atoms with van der Waals surface area (Å²) < 4.78 is 0. The fourth-order valence-corrected chi connectivity index (χ4v) is 2.06. The largest absolute Gasteiger partial charge is 0.476 e. The second-order valence-corrected chi connectivity index (χ2v) is 4.32. The molecule has 2 heterocycles. The number of nitrogens with zero attached hydrogens (tertiary/aromatic N) is 3. The number of thiazole rings is 1. The van der Waals surface area contributed by atoms with Crippen LogP contribution >= 0.6 is 11.3 Å². The third-order valence-corrected chi connectivity index (χ3v) is 3.10. The van der Waals surface area contributed by atoms with Crippen LogP contribution in [-0.2, 0) is 0 Å². The number of hydrogen-bond acceptors (Lipinski definition) is 5. The molecule has 0 radical (unpaired) electrons. The number of carbonyl (C=O) groups is 1. The summed E-state index contributed by atoms with van der Waals surface area (Å²) in [5.74, 6) is -0.500. The van der Waals surface area contributed by atoms with Gasteiger partial charge in [-0.05, 0) is 19.4 Å². The van der Waals surface area contributed by atoms with E-state index in [1.807, 2.05) is 6.92 Å². The van der Waals surface area contributed by atoms with Gasteiger partial charge in [0.2, 0.25) is 5.01 Å². The fraction of sp³-hybridized carbons (Fsp3) is 0.200. The first-order valence-corrected chi connectivity index (χ1v) is 5.39. The molecule has 5 nitrogen and oxygen atoms in total. The summed E-state index contributed by atoms with van der Waals surface area (Å²) in [4.78, 5) is 23.7. The minimum absolute atomic E-state index is 0.0664. The van der Waals surface area contributed by atoms with Gasteiger partial charge in [0, 0.05) is 12.4 Å². The summed E-state index contributed by atoms with van der Waals surface area (Å²) in [6, 6.07) is 0. The molecule has 0 atom stereocenters. The quantitative estimate of drug-likeness (QED) is 0.860. The molecule has 82 valence electrons. The maximum absolute atomic E-state index is 10.8. The van der Waals surface area contributed by atoms with Gasteiger partial charge in [0.05, 0.1) is 10.6 Å². The first kappa shape index (κ1) is 10.7. The predicted octanol–water partition coefficient (Wildman–Crippen LogP) is 1.92. The van der Waals surface area contributed by atoms with Crippen molar-refractivity contribution in [2.45, 2.75) is 13.8 Å². The van der Waals surface area contributed by atoms with Crippen LogP contribution < -0.4 is 0 Å². The van der Waals surface area contributed by atoms with Gasteiger partial charge in [-0.1, -0.05) is 0 Å². The number of rotatable bonds is 2. The zero-order valence-electron chi connectivity index (χ0n) is 8.76. The second kappa shape index (κ2) is 3.97. The number of aromatic nitrogens is 3. The zero-order chi connectivity index (χ0) is 11.7.